The zero-order chi connectivity index (χ0) is 24.1. The van der Waals surface area contributed by atoms with Gasteiger partial charge in [-0.2, -0.15) is 4.98 Å². The lowest BCUT2D eigenvalue weighted by molar-refractivity contribution is -0.119. The number of nitrogens with one attached hydrogen (secondary N) is 1. The van der Waals surface area contributed by atoms with Crippen molar-refractivity contribution in [2.45, 2.75) is 17.0 Å². The van der Waals surface area contributed by atoms with E-state index >= 15 is 0 Å². The summed E-state index contributed by atoms with van der Waals surface area (Å²) in [6, 6.07) is 5.62. The molecule has 180 valence electrons. The summed E-state index contributed by atoms with van der Waals surface area (Å²) in [5.41, 5.74) is 6.62. The van der Waals surface area contributed by atoms with E-state index in [0.717, 1.165) is 18.7 Å². The number of benzene rings is 1. The maximum atomic E-state index is 12.3. The van der Waals surface area contributed by atoms with Gasteiger partial charge < -0.3 is 20.3 Å². The Labute approximate surface area is 213 Å². The van der Waals surface area contributed by atoms with E-state index in [2.05, 4.69) is 25.3 Å². The number of hydrogen-bond acceptors (Lipinski definition) is 10. The molecule has 0 aliphatic carbocycles. The molecular formula is C20H20Cl2N6O4S2. The van der Waals surface area contributed by atoms with Crippen LogP contribution in [0.3, 0.4) is 0 Å². The molecule has 1 atom stereocenters. The van der Waals surface area contributed by atoms with Gasteiger partial charge in [0, 0.05) is 31.6 Å². The molecule has 0 spiro atoms. The molecule has 0 saturated carbocycles. The van der Waals surface area contributed by atoms with Crippen LogP contribution in [0, 0.1) is 0 Å². The summed E-state index contributed by atoms with van der Waals surface area (Å²) in [7, 11) is 0. The first-order valence-corrected chi connectivity index (χ1v) is 12.8. The first kappa shape index (κ1) is 24.9. The number of amides is 2. The second kappa shape index (κ2) is 11.5. The maximum absolute atomic E-state index is 12.3. The molecule has 1 fully saturated rings. The lowest BCUT2D eigenvalue weighted by atomic mass is 10.2. The van der Waals surface area contributed by atoms with Gasteiger partial charge in [-0.1, -0.05) is 46.2 Å². The van der Waals surface area contributed by atoms with Gasteiger partial charge in [0.15, 0.2) is 4.34 Å². The molecule has 0 radical (unpaired) electrons. The maximum Gasteiger partial charge on any atom is 0.316 e. The van der Waals surface area contributed by atoms with E-state index in [4.69, 9.17) is 38.2 Å². The molecular weight excluding hydrogens is 523 g/mol. The SMILES string of the molecule is NC(=O)c1nc(-c2csc(SCC(=O)NC[C@H]3CN(Cc4ccc(Cl)c(Cl)c4)CCO3)n2)no1. The Bertz CT molecular complexity index is 1170. The quantitative estimate of drug-likeness (QED) is 0.391. The number of aromatic nitrogens is 3. The number of thioether (sulfide) groups is 1. The average molecular weight is 543 g/mol. The highest BCUT2D eigenvalue weighted by Gasteiger charge is 2.22. The number of halogens is 2. The minimum absolute atomic E-state index is 0.102. The number of carbonyl (C=O) groups is 2. The van der Waals surface area contributed by atoms with Gasteiger partial charge in [-0.25, -0.2) is 4.98 Å². The topological polar surface area (TPSA) is 136 Å². The molecule has 4 rings (SSSR count). The van der Waals surface area contributed by atoms with Crippen LogP contribution in [-0.2, 0) is 16.1 Å². The van der Waals surface area contributed by atoms with Crippen LogP contribution in [0.15, 0.2) is 32.4 Å². The van der Waals surface area contributed by atoms with Gasteiger partial charge in [-0.05, 0) is 17.7 Å². The number of primary amides is 1. The third-order valence-electron chi connectivity index (χ3n) is 4.82. The molecule has 34 heavy (non-hydrogen) atoms. The third kappa shape index (κ3) is 6.68. The van der Waals surface area contributed by atoms with E-state index < -0.39 is 5.91 Å². The number of nitrogens with zero attached hydrogens (tertiary/aromatic N) is 4. The first-order valence-electron chi connectivity index (χ1n) is 10.1. The van der Waals surface area contributed by atoms with E-state index in [0.29, 0.717) is 39.8 Å². The summed E-state index contributed by atoms with van der Waals surface area (Å²) in [5, 5.41) is 9.38. The van der Waals surface area contributed by atoms with E-state index in [1.807, 2.05) is 12.1 Å². The number of morpholine rings is 1. The van der Waals surface area contributed by atoms with Crippen molar-refractivity contribution in [3.63, 3.8) is 0 Å². The number of nitrogens with two attached hydrogens (primary N) is 1. The van der Waals surface area contributed by atoms with Crippen molar-refractivity contribution in [3.8, 4) is 11.5 Å². The Morgan fingerprint density at radius 1 is 1.29 bits per heavy atom. The number of carbonyl (C=O) groups excluding carboxylic acids is 2. The van der Waals surface area contributed by atoms with Gasteiger partial charge in [0.2, 0.25) is 11.7 Å². The Morgan fingerprint density at radius 3 is 2.91 bits per heavy atom. The molecule has 3 heterocycles. The Morgan fingerprint density at radius 2 is 2.15 bits per heavy atom. The molecule has 2 aromatic heterocycles. The Kier molecular flexibility index (Phi) is 8.40. The minimum atomic E-state index is -0.806. The average Bonchev–Trinajstić information content (AvgIpc) is 3.49. The molecule has 14 heteroatoms. The summed E-state index contributed by atoms with van der Waals surface area (Å²) >= 11 is 14.7. The summed E-state index contributed by atoms with van der Waals surface area (Å²) in [4.78, 5) is 33.9. The van der Waals surface area contributed by atoms with Gasteiger partial charge in [0.05, 0.1) is 28.5 Å². The highest BCUT2D eigenvalue weighted by Crippen LogP contribution is 2.27. The fourth-order valence-electron chi connectivity index (χ4n) is 3.20. The lowest BCUT2D eigenvalue weighted by Gasteiger charge is -2.33. The molecule has 1 aromatic carbocycles. The monoisotopic (exact) mass is 542 g/mol. The highest BCUT2D eigenvalue weighted by molar-refractivity contribution is 8.01. The lowest BCUT2D eigenvalue weighted by Crippen LogP contribution is -2.47. The van der Waals surface area contributed by atoms with Crippen LogP contribution >= 0.6 is 46.3 Å². The normalized spacial score (nSPS) is 16.5. The van der Waals surface area contributed by atoms with Crippen molar-refractivity contribution in [2.24, 2.45) is 5.73 Å². The zero-order valence-corrected chi connectivity index (χ0v) is 20.8. The largest absolute Gasteiger partial charge is 0.374 e. The van der Waals surface area contributed by atoms with E-state index in [1.165, 1.54) is 23.1 Å². The zero-order valence-electron chi connectivity index (χ0n) is 17.7. The van der Waals surface area contributed by atoms with Crippen LogP contribution in [0.4, 0.5) is 0 Å². The van der Waals surface area contributed by atoms with E-state index in [1.54, 1.807) is 11.4 Å². The number of thiazole rings is 1. The van der Waals surface area contributed by atoms with Crippen molar-refractivity contribution < 1.29 is 18.8 Å². The van der Waals surface area contributed by atoms with E-state index in [-0.39, 0.29) is 29.5 Å². The standard InChI is InChI=1S/C20H20Cl2N6O4S2/c21-13-2-1-11(5-14(13)22)7-28-3-4-31-12(8-28)6-24-16(29)10-34-20-25-15(9-33-20)18-26-19(17(23)30)32-27-18/h1-2,5,9,12H,3-4,6-8,10H2,(H2,23,30)(H,24,29)/t12-/m0/s1. The molecule has 3 N–H and O–H groups in total. The smallest absolute Gasteiger partial charge is 0.316 e. The van der Waals surface area contributed by atoms with Crippen LogP contribution in [0.2, 0.25) is 10.0 Å². The molecule has 2 amide bonds. The fourth-order valence-corrected chi connectivity index (χ4v) is 5.16. The number of ether oxygens (including phenoxy) is 1. The summed E-state index contributed by atoms with van der Waals surface area (Å²) < 4.78 is 11.2. The molecule has 10 nitrogen and oxygen atoms in total. The van der Waals surface area contributed by atoms with Crippen LogP contribution in [0.5, 0.6) is 0 Å². The predicted molar refractivity (Wildman–Crippen MR) is 129 cm³/mol. The van der Waals surface area contributed by atoms with Crippen LogP contribution in [0.25, 0.3) is 11.5 Å². The first-order chi connectivity index (χ1) is 16.4. The molecule has 1 aliphatic heterocycles. The minimum Gasteiger partial charge on any atom is -0.374 e. The van der Waals surface area contributed by atoms with Crippen LogP contribution in [-0.4, -0.2) is 69.9 Å². The third-order valence-corrected chi connectivity index (χ3v) is 7.58. The number of rotatable bonds is 9. The van der Waals surface area contributed by atoms with Crippen molar-refractivity contribution in [1.29, 1.82) is 0 Å². The Balaban J connectivity index is 1.20. The number of hydrogen-bond donors (Lipinski definition) is 2. The Hall–Kier alpha value is -2.22. The van der Waals surface area contributed by atoms with Crippen molar-refractivity contribution in [2.75, 3.05) is 32.0 Å². The fraction of sp³-hybridized carbons (Fsp3) is 0.350. The van der Waals surface area contributed by atoms with Crippen molar-refractivity contribution in [3.05, 3.63) is 45.1 Å². The predicted octanol–water partition coefficient (Wildman–Crippen LogP) is 2.71. The van der Waals surface area contributed by atoms with Crippen LogP contribution < -0.4 is 11.1 Å². The second-order valence-electron chi connectivity index (χ2n) is 7.36. The van der Waals surface area contributed by atoms with Gasteiger partial charge in [0.1, 0.15) is 5.69 Å². The molecule has 1 aliphatic rings. The van der Waals surface area contributed by atoms with Crippen molar-refractivity contribution in [1.82, 2.24) is 25.3 Å². The summed E-state index contributed by atoms with van der Waals surface area (Å²) in [6.07, 6.45) is -0.102. The van der Waals surface area contributed by atoms with Gasteiger partial charge in [-0.3, -0.25) is 14.5 Å². The van der Waals surface area contributed by atoms with Crippen LogP contribution in [0.1, 0.15) is 16.2 Å². The summed E-state index contributed by atoms with van der Waals surface area (Å²) in [5.74, 6) is -0.841. The van der Waals surface area contributed by atoms with Gasteiger partial charge in [0.25, 0.3) is 0 Å². The molecule has 3 aromatic rings. The molecule has 0 bridgehead atoms. The highest BCUT2D eigenvalue weighted by atomic mass is 35.5. The van der Waals surface area contributed by atoms with Gasteiger partial charge >= 0.3 is 11.8 Å². The van der Waals surface area contributed by atoms with E-state index in [9.17, 15) is 9.59 Å². The summed E-state index contributed by atoms with van der Waals surface area (Å²) in [6.45, 7) is 3.23. The molecule has 0 unspecified atom stereocenters. The molecule has 1 saturated heterocycles. The van der Waals surface area contributed by atoms with Crippen molar-refractivity contribution >= 4 is 58.1 Å². The second-order valence-corrected chi connectivity index (χ2v) is 10.3. The van der Waals surface area contributed by atoms with Gasteiger partial charge in [-0.15, -0.1) is 11.3 Å².